The Morgan fingerprint density at radius 2 is 1.87 bits per heavy atom. The molecule has 2 rings (SSSR count). The molecule has 6 heteroatoms. The second kappa shape index (κ2) is 6.87. The third kappa shape index (κ3) is 4.13. The first-order valence-electron chi connectivity index (χ1n) is 7.17. The molecule has 1 aromatic heterocycles. The van der Waals surface area contributed by atoms with Crippen LogP contribution in [0.25, 0.3) is 0 Å². The average Bonchev–Trinajstić information content (AvgIpc) is 2.79. The number of halogens is 1. The van der Waals surface area contributed by atoms with Gasteiger partial charge >= 0.3 is 5.97 Å². The number of aryl methyl sites for hydroxylation is 2. The van der Waals surface area contributed by atoms with Crippen LogP contribution in [0, 0.1) is 13.8 Å². The lowest BCUT2D eigenvalue weighted by molar-refractivity contribution is 0.0378. The van der Waals surface area contributed by atoms with Gasteiger partial charge in [0.05, 0.1) is 22.3 Å². The first-order chi connectivity index (χ1) is 10.8. The molecule has 2 aromatic rings. The normalized spacial score (nSPS) is 10.7. The molecule has 5 nitrogen and oxygen atoms in total. The number of esters is 1. The molecule has 0 atom stereocenters. The van der Waals surface area contributed by atoms with E-state index in [0.29, 0.717) is 22.8 Å². The number of anilines is 1. The highest BCUT2D eigenvalue weighted by Gasteiger charge is 2.17. The predicted molar refractivity (Wildman–Crippen MR) is 88.1 cm³/mol. The molecule has 0 bridgehead atoms. The highest BCUT2D eigenvalue weighted by molar-refractivity contribution is 6.33. The van der Waals surface area contributed by atoms with Crippen LogP contribution in [0.3, 0.4) is 0 Å². The van der Waals surface area contributed by atoms with Gasteiger partial charge in [-0.3, -0.25) is 4.79 Å². The van der Waals surface area contributed by atoms with Gasteiger partial charge in [-0.1, -0.05) is 11.6 Å². The Morgan fingerprint density at radius 3 is 2.43 bits per heavy atom. The van der Waals surface area contributed by atoms with Crippen molar-refractivity contribution in [3.8, 4) is 0 Å². The standard InChI is InChI=1S/C17H18ClNO4/c1-9(2)22-17(21)14-8-12(5-6-15(14)18)19-16(20)13-7-10(3)23-11(13)4/h5-9H,1-4H3,(H,19,20). The monoisotopic (exact) mass is 335 g/mol. The number of benzene rings is 1. The zero-order chi connectivity index (χ0) is 17.1. The summed E-state index contributed by atoms with van der Waals surface area (Å²) in [4.78, 5) is 24.3. The summed E-state index contributed by atoms with van der Waals surface area (Å²) in [5, 5.41) is 2.99. The summed E-state index contributed by atoms with van der Waals surface area (Å²) in [5.74, 6) is 0.347. The summed E-state index contributed by atoms with van der Waals surface area (Å²) < 4.78 is 10.5. The fourth-order valence-electron chi connectivity index (χ4n) is 2.09. The van der Waals surface area contributed by atoms with E-state index in [1.807, 2.05) is 0 Å². The van der Waals surface area contributed by atoms with Crippen LogP contribution in [-0.2, 0) is 4.74 Å². The molecular weight excluding hydrogens is 318 g/mol. The number of ether oxygens (including phenoxy) is 1. The van der Waals surface area contributed by atoms with Crippen LogP contribution in [0.2, 0.25) is 5.02 Å². The van der Waals surface area contributed by atoms with E-state index in [1.165, 1.54) is 6.07 Å². The van der Waals surface area contributed by atoms with E-state index in [-0.39, 0.29) is 22.6 Å². The number of furan rings is 1. The van der Waals surface area contributed by atoms with Gasteiger partial charge in [-0.15, -0.1) is 0 Å². The number of hydrogen-bond acceptors (Lipinski definition) is 4. The maximum atomic E-state index is 12.3. The largest absolute Gasteiger partial charge is 0.466 e. The fraction of sp³-hybridized carbons (Fsp3) is 0.294. The third-order valence-electron chi connectivity index (χ3n) is 3.07. The summed E-state index contributed by atoms with van der Waals surface area (Å²) in [6.07, 6.45) is -0.256. The number of hydrogen-bond donors (Lipinski definition) is 1. The minimum absolute atomic E-state index is 0.207. The molecule has 0 aliphatic carbocycles. The minimum Gasteiger partial charge on any atom is -0.466 e. The first-order valence-corrected chi connectivity index (χ1v) is 7.54. The van der Waals surface area contributed by atoms with Crippen molar-refractivity contribution in [3.63, 3.8) is 0 Å². The minimum atomic E-state index is -0.531. The molecule has 0 radical (unpaired) electrons. The Hall–Kier alpha value is -2.27. The Kier molecular flexibility index (Phi) is 5.11. The van der Waals surface area contributed by atoms with E-state index in [0.717, 1.165) is 0 Å². The van der Waals surface area contributed by atoms with Crippen molar-refractivity contribution in [1.29, 1.82) is 0 Å². The average molecular weight is 336 g/mol. The van der Waals surface area contributed by atoms with Crippen LogP contribution in [0.5, 0.6) is 0 Å². The number of carbonyl (C=O) groups is 2. The molecule has 0 saturated carbocycles. The zero-order valence-electron chi connectivity index (χ0n) is 13.4. The number of carbonyl (C=O) groups excluding carboxylic acids is 2. The van der Waals surface area contributed by atoms with Crippen molar-refractivity contribution in [2.24, 2.45) is 0 Å². The van der Waals surface area contributed by atoms with E-state index in [9.17, 15) is 9.59 Å². The molecule has 1 heterocycles. The second-order valence-electron chi connectivity index (χ2n) is 5.43. The van der Waals surface area contributed by atoms with Gasteiger partial charge in [-0.05, 0) is 52.0 Å². The predicted octanol–water partition coefficient (Wildman–Crippen LogP) is 4.37. The van der Waals surface area contributed by atoms with Crippen LogP contribution in [0.1, 0.15) is 46.1 Å². The smallest absolute Gasteiger partial charge is 0.339 e. The number of rotatable bonds is 4. The van der Waals surface area contributed by atoms with Gasteiger partial charge in [0.1, 0.15) is 11.5 Å². The molecule has 0 spiro atoms. The summed E-state index contributed by atoms with van der Waals surface area (Å²) in [5.41, 5.74) is 1.11. The van der Waals surface area contributed by atoms with Gasteiger partial charge in [0.2, 0.25) is 0 Å². The molecule has 122 valence electrons. The number of nitrogens with one attached hydrogen (secondary N) is 1. The van der Waals surface area contributed by atoms with Gasteiger partial charge in [0.25, 0.3) is 5.91 Å². The maximum Gasteiger partial charge on any atom is 0.339 e. The molecular formula is C17H18ClNO4. The lowest BCUT2D eigenvalue weighted by atomic mass is 10.1. The van der Waals surface area contributed by atoms with Crippen molar-refractivity contribution in [1.82, 2.24) is 0 Å². The van der Waals surface area contributed by atoms with Crippen LogP contribution in [0.15, 0.2) is 28.7 Å². The van der Waals surface area contributed by atoms with Gasteiger partial charge in [-0.2, -0.15) is 0 Å². The summed E-state index contributed by atoms with van der Waals surface area (Å²) >= 11 is 6.03. The SMILES string of the molecule is Cc1cc(C(=O)Nc2ccc(Cl)c(C(=O)OC(C)C)c2)c(C)o1. The molecule has 23 heavy (non-hydrogen) atoms. The van der Waals surface area contributed by atoms with E-state index in [4.69, 9.17) is 20.8 Å². The maximum absolute atomic E-state index is 12.3. The molecule has 1 amide bonds. The van der Waals surface area contributed by atoms with Gasteiger partial charge < -0.3 is 14.5 Å². The Balaban J connectivity index is 2.22. The lowest BCUT2D eigenvalue weighted by Gasteiger charge is -2.11. The number of amides is 1. The van der Waals surface area contributed by atoms with Gasteiger partial charge in [0.15, 0.2) is 0 Å². The topological polar surface area (TPSA) is 68.5 Å². The molecule has 0 fully saturated rings. The summed E-state index contributed by atoms with van der Waals surface area (Å²) in [6.45, 7) is 6.99. The van der Waals surface area contributed by atoms with Crippen LogP contribution < -0.4 is 5.32 Å². The van der Waals surface area contributed by atoms with Crippen molar-refractivity contribution >= 4 is 29.2 Å². The second-order valence-corrected chi connectivity index (χ2v) is 5.84. The molecule has 1 N–H and O–H groups in total. The van der Waals surface area contributed by atoms with Gasteiger partial charge in [0, 0.05) is 5.69 Å². The van der Waals surface area contributed by atoms with Crippen molar-refractivity contribution in [2.75, 3.05) is 5.32 Å². The van der Waals surface area contributed by atoms with Crippen LogP contribution >= 0.6 is 11.6 Å². The summed E-state index contributed by atoms with van der Waals surface area (Å²) in [7, 11) is 0. The van der Waals surface area contributed by atoms with Crippen molar-refractivity contribution in [3.05, 3.63) is 51.9 Å². The van der Waals surface area contributed by atoms with E-state index in [1.54, 1.807) is 45.9 Å². The highest BCUT2D eigenvalue weighted by Crippen LogP contribution is 2.23. The van der Waals surface area contributed by atoms with E-state index in [2.05, 4.69) is 5.32 Å². The molecule has 1 aromatic carbocycles. The van der Waals surface area contributed by atoms with Crippen molar-refractivity contribution in [2.45, 2.75) is 33.8 Å². The molecule has 0 unspecified atom stereocenters. The lowest BCUT2D eigenvalue weighted by Crippen LogP contribution is -2.15. The first kappa shape index (κ1) is 17.1. The van der Waals surface area contributed by atoms with Crippen molar-refractivity contribution < 1.29 is 18.7 Å². The van der Waals surface area contributed by atoms with E-state index >= 15 is 0 Å². The quantitative estimate of drug-likeness (QED) is 0.842. The molecule has 0 aliphatic heterocycles. The van der Waals surface area contributed by atoms with Gasteiger partial charge in [-0.25, -0.2) is 4.79 Å². The Bertz CT molecular complexity index is 749. The van der Waals surface area contributed by atoms with Crippen LogP contribution in [0.4, 0.5) is 5.69 Å². The van der Waals surface area contributed by atoms with E-state index < -0.39 is 5.97 Å². The molecule has 0 saturated heterocycles. The summed E-state index contributed by atoms with van der Waals surface area (Å²) in [6, 6.07) is 6.32. The Labute approximate surface area is 139 Å². The zero-order valence-corrected chi connectivity index (χ0v) is 14.2. The Morgan fingerprint density at radius 1 is 1.17 bits per heavy atom. The fourth-order valence-corrected chi connectivity index (χ4v) is 2.29. The highest BCUT2D eigenvalue weighted by atomic mass is 35.5. The molecule has 0 aliphatic rings. The third-order valence-corrected chi connectivity index (χ3v) is 3.40. The van der Waals surface area contributed by atoms with Crippen LogP contribution in [-0.4, -0.2) is 18.0 Å².